The molecule has 0 aromatic rings. The zero-order chi connectivity index (χ0) is 11.0. The van der Waals surface area contributed by atoms with Crippen molar-refractivity contribution in [3.63, 3.8) is 0 Å². The largest absolute Gasteiger partial charge is 0.368 e. The minimum atomic E-state index is -0.328. The number of carbonyl (C=O) groups is 2. The van der Waals surface area contributed by atoms with Gasteiger partial charge in [0.25, 0.3) is 3.91 Å². The van der Waals surface area contributed by atoms with Crippen molar-refractivity contribution in [3.05, 3.63) is 0 Å². The number of likely N-dealkylation sites (N-methyl/N-ethyl adjacent to an activating group) is 1. The number of nitrogens with one attached hydrogen (secondary N) is 2. The fourth-order valence-electron chi connectivity index (χ4n) is 1.09. The Morgan fingerprint density at radius 1 is 1.43 bits per heavy atom. The molecule has 0 fully saturated rings. The fraction of sp³-hybridized carbons (Fsp3) is 0.750. The van der Waals surface area contributed by atoms with E-state index in [9.17, 15) is 9.59 Å². The lowest BCUT2D eigenvalue weighted by Gasteiger charge is -2.11. The highest BCUT2D eigenvalue weighted by molar-refractivity contribution is 14.1. The third kappa shape index (κ3) is 7.07. The quantitative estimate of drug-likeness (QED) is 0.275. The third-order valence-corrected chi connectivity index (χ3v) is 2.26. The molecule has 0 saturated heterocycles. The molecule has 0 saturated carbocycles. The summed E-state index contributed by atoms with van der Waals surface area (Å²) in [6.07, 6.45) is 2.44. The van der Waals surface area contributed by atoms with E-state index >= 15 is 0 Å². The topological polar surface area (TPSA) is 84.2 Å². The molecule has 0 aromatic carbocycles. The van der Waals surface area contributed by atoms with Crippen molar-refractivity contribution in [2.45, 2.75) is 25.3 Å². The monoisotopic (exact) mass is 313 g/mol. The number of unbranched alkanes of at least 4 members (excludes halogenated alkanes) is 1. The van der Waals surface area contributed by atoms with Crippen LogP contribution in [-0.4, -0.2) is 29.5 Å². The van der Waals surface area contributed by atoms with Crippen molar-refractivity contribution in [2.75, 3.05) is 13.6 Å². The van der Waals surface area contributed by atoms with E-state index in [-0.39, 0.29) is 15.9 Å². The van der Waals surface area contributed by atoms with Crippen LogP contribution in [0.4, 0.5) is 4.79 Å². The van der Waals surface area contributed by atoms with Gasteiger partial charge in [0.15, 0.2) is 0 Å². The Hall–Kier alpha value is -0.370. The summed E-state index contributed by atoms with van der Waals surface area (Å²) < 4.78 is -0.0531. The maximum Gasteiger partial charge on any atom is 0.280 e. The van der Waals surface area contributed by atoms with Crippen LogP contribution in [-0.2, 0) is 4.79 Å². The molecule has 0 radical (unpaired) electrons. The van der Waals surface area contributed by atoms with Crippen molar-refractivity contribution < 1.29 is 9.59 Å². The SMILES string of the molecule is CNC(CCCCNC(=O)I)C(N)=O. The van der Waals surface area contributed by atoms with Crippen molar-refractivity contribution in [3.8, 4) is 0 Å². The Bertz CT molecular complexity index is 199. The molecule has 0 aliphatic rings. The second kappa shape index (κ2) is 7.98. The van der Waals surface area contributed by atoms with Crippen LogP contribution in [0.3, 0.4) is 0 Å². The standard InChI is InChI=1S/C8H16IN3O2/c1-11-6(7(10)13)4-2-3-5-12-8(9)14/h6,11H,2-5H2,1H3,(H2,10,13)(H,12,14). The van der Waals surface area contributed by atoms with Gasteiger partial charge in [-0.25, -0.2) is 0 Å². The Balaban J connectivity index is 3.42. The highest BCUT2D eigenvalue weighted by Crippen LogP contribution is 1.99. The normalized spacial score (nSPS) is 12.1. The van der Waals surface area contributed by atoms with E-state index in [0.717, 1.165) is 12.8 Å². The van der Waals surface area contributed by atoms with Crippen LogP contribution in [0.1, 0.15) is 19.3 Å². The summed E-state index contributed by atoms with van der Waals surface area (Å²) in [5.74, 6) is -0.328. The van der Waals surface area contributed by atoms with Gasteiger partial charge in [0.05, 0.1) is 6.04 Å². The summed E-state index contributed by atoms with van der Waals surface area (Å²) in [6.45, 7) is 0.650. The first kappa shape index (κ1) is 13.6. The number of halogens is 1. The summed E-state index contributed by atoms with van der Waals surface area (Å²) in [6, 6.07) is -0.259. The molecule has 5 nitrogen and oxygen atoms in total. The fourth-order valence-corrected chi connectivity index (χ4v) is 1.36. The molecule has 1 unspecified atom stereocenters. The average molecular weight is 313 g/mol. The number of primary amides is 1. The molecule has 0 bridgehead atoms. The van der Waals surface area contributed by atoms with Gasteiger partial charge in [0.1, 0.15) is 0 Å². The van der Waals surface area contributed by atoms with Crippen LogP contribution in [0.25, 0.3) is 0 Å². The smallest absolute Gasteiger partial charge is 0.280 e. The van der Waals surface area contributed by atoms with Crippen LogP contribution in [0.5, 0.6) is 0 Å². The Morgan fingerprint density at radius 2 is 2.07 bits per heavy atom. The molecule has 2 amide bonds. The second-order valence-electron chi connectivity index (χ2n) is 2.94. The van der Waals surface area contributed by atoms with E-state index in [4.69, 9.17) is 5.73 Å². The number of hydrogen-bond donors (Lipinski definition) is 3. The number of amides is 2. The molecule has 1 atom stereocenters. The van der Waals surface area contributed by atoms with Crippen LogP contribution in [0.15, 0.2) is 0 Å². The van der Waals surface area contributed by atoms with Crippen molar-refractivity contribution in [2.24, 2.45) is 5.73 Å². The lowest BCUT2D eigenvalue weighted by atomic mass is 10.1. The van der Waals surface area contributed by atoms with Crippen LogP contribution in [0, 0.1) is 0 Å². The van der Waals surface area contributed by atoms with Gasteiger partial charge in [-0.3, -0.25) is 9.59 Å². The summed E-state index contributed by atoms with van der Waals surface area (Å²) >= 11 is 1.69. The lowest BCUT2D eigenvalue weighted by Crippen LogP contribution is -2.39. The summed E-state index contributed by atoms with van der Waals surface area (Å²) in [4.78, 5) is 21.3. The summed E-state index contributed by atoms with van der Waals surface area (Å²) in [5, 5.41) is 5.52. The molecule has 0 aliphatic carbocycles. The number of nitrogens with two attached hydrogens (primary N) is 1. The van der Waals surface area contributed by atoms with Gasteiger partial charge in [-0.15, -0.1) is 0 Å². The van der Waals surface area contributed by atoms with E-state index in [1.54, 1.807) is 29.6 Å². The first-order valence-corrected chi connectivity index (χ1v) is 5.55. The van der Waals surface area contributed by atoms with E-state index in [1.807, 2.05) is 0 Å². The molecule has 0 aromatic heterocycles. The maximum absolute atomic E-state index is 10.8. The predicted molar refractivity (Wildman–Crippen MR) is 63.3 cm³/mol. The van der Waals surface area contributed by atoms with E-state index < -0.39 is 0 Å². The lowest BCUT2D eigenvalue weighted by molar-refractivity contribution is -0.120. The molecule has 4 N–H and O–H groups in total. The maximum atomic E-state index is 10.8. The molecule has 0 spiro atoms. The predicted octanol–water partition coefficient (Wildman–Crippen LogP) is 0.375. The van der Waals surface area contributed by atoms with Gasteiger partial charge in [-0.1, -0.05) is 0 Å². The van der Waals surface area contributed by atoms with Crippen molar-refractivity contribution >= 4 is 32.4 Å². The van der Waals surface area contributed by atoms with Gasteiger partial charge in [0, 0.05) is 29.1 Å². The van der Waals surface area contributed by atoms with Gasteiger partial charge in [0.2, 0.25) is 5.91 Å². The number of rotatable bonds is 7. The molecule has 14 heavy (non-hydrogen) atoms. The molecule has 0 heterocycles. The zero-order valence-corrected chi connectivity index (χ0v) is 10.3. The summed E-state index contributed by atoms with van der Waals surface area (Å²) in [7, 11) is 1.71. The van der Waals surface area contributed by atoms with Crippen LogP contribution >= 0.6 is 22.6 Å². The first-order chi connectivity index (χ1) is 6.57. The van der Waals surface area contributed by atoms with E-state index in [2.05, 4.69) is 10.6 Å². The molecule has 0 rings (SSSR count). The van der Waals surface area contributed by atoms with E-state index in [1.165, 1.54) is 0 Å². The Morgan fingerprint density at radius 3 is 2.50 bits per heavy atom. The minimum Gasteiger partial charge on any atom is -0.368 e. The second-order valence-corrected chi connectivity index (χ2v) is 3.92. The minimum absolute atomic E-state index is 0.0531. The van der Waals surface area contributed by atoms with Gasteiger partial charge >= 0.3 is 0 Å². The molecule has 0 aliphatic heterocycles. The van der Waals surface area contributed by atoms with Crippen LogP contribution in [0.2, 0.25) is 0 Å². The van der Waals surface area contributed by atoms with Crippen molar-refractivity contribution in [1.82, 2.24) is 10.6 Å². The Labute approximate surface area is 97.3 Å². The molecule has 82 valence electrons. The highest BCUT2D eigenvalue weighted by Gasteiger charge is 2.10. The molecular formula is C8H16IN3O2. The van der Waals surface area contributed by atoms with Crippen molar-refractivity contribution in [1.29, 1.82) is 0 Å². The zero-order valence-electron chi connectivity index (χ0n) is 8.18. The molecule has 6 heteroatoms. The van der Waals surface area contributed by atoms with Crippen LogP contribution < -0.4 is 16.4 Å². The van der Waals surface area contributed by atoms with Gasteiger partial charge in [-0.2, -0.15) is 0 Å². The summed E-state index contributed by atoms with van der Waals surface area (Å²) in [5.41, 5.74) is 5.14. The Kier molecular flexibility index (Phi) is 7.77. The molecular weight excluding hydrogens is 297 g/mol. The third-order valence-electron chi connectivity index (χ3n) is 1.88. The van der Waals surface area contributed by atoms with Gasteiger partial charge < -0.3 is 16.4 Å². The highest BCUT2D eigenvalue weighted by atomic mass is 127. The number of carbonyl (C=O) groups excluding carboxylic acids is 2. The van der Waals surface area contributed by atoms with Gasteiger partial charge in [-0.05, 0) is 26.3 Å². The van der Waals surface area contributed by atoms with E-state index in [0.29, 0.717) is 13.0 Å². The first-order valence-electron chi connectivity index (χ1n) is 4.48. The number of hydrogen-bond acceptors (Lipinski definition) is 3. The average Bonchev–Trinajstić information content (AvgIpc) is 2.10.